The number of pyridine rings is 1. The molecule has 0 fully saturated rings. The summed E-state index contributed by atoms with van der Waals surface area (Å²) in [5.74, 6) is 0.773. The largest absolute Gasteiger partial charge is 0.495 e. The second-order valence-corrected chi connectivity index (χ2v) is 4.78. The van der Waals surface area contributed by atoms with Crippen LogP contribution < -0.4 is 10.1 Å². The van der Waals surface area contributed by atoms with Gasteiger partial charge in [-0.15, -0.1) is 0 Å². The summed E-state index contributed by atoms with van der Waals surface area (Å²) in [5.41, 5.74) is 2.18. The minimum absolute atomic E-state index is 0.246. The highest BCUT2D eigenvalue weighted by molar-refractivity contribution is 6.03. The van der Waals surface area contributed by atoms with E-state index >= 15 is 0 Å². The van der Waals surface area contributed by atoms with Crippen molar-refractivity contribution in [3.05, 3.63) is 53.9 Å². The molecule has 0 unspecified atom stereocenters. The zero-order valence-electron chi connectivity index (χ0n) is 11.9. The van der Waals surface area contributed by atoms with Gasteiger partial charge in [0, 0.05) is 6.20 Å². The maximum Gasteiger partial charge on any atom is 0.274 e. The normalized spacial score (nSPS) is 10.4. The summed E-state index contributed by atoms with van der Waals surface area (Å²) in [5, 5.41) is 2.85. The number of methoxy groups -OCH3 is 1. The quantitative estimate of drug-likeness (QED) is 0.925. The van der Waals surface area contributed by atoms with Gasteiger partial charge in [0.15, 0.2) is 0 Å². The molecule has 0 saturated carbocycles. The fraction of sp³-hybridized carbons (Fsp3) is 0.250. The first-order valence-corrected chi connectivity index (χ1v) is 6.52. The van der Waals surface area contributed by atoms with Gasteiger partial charge in [-0.1, -0.05) is 26.0 Å². The van der Waals surface area contributed by atoms with Crippen LogP contribution in [0.15, 0.2) is 42.6 Å². The molecule has 1 amide bonds. The Kier molecular flexibility index (Phi) is 4.35. The second kappa shape index (κ2) is 6.19. The van der Waals surface area contributed by atoms with Gasteiger partial charge in [-0.2, -0.15) is 0 Å². The molecule has 0 bridgehead atoms. The molecule has 1 aromatic heterocycles. The Bertz CT molecular complexity index is 595. The molecule has 0 aliphatic heterocycles. The third kappa shape index (κ3) is 3.15. The van der Waals surface area contributed by atoms with Crippen LogP contribution in [-0.4, -0.2) is 18.0 Å². The van der Waals surface area contributed by atoms with Crippen molar-refractivity contribution in [3.8, 4) is 5.75 Å². The molecular formula is C16H18N2O2. The Morgan fingerprint density at radius 1 is 1.25 bits per heavy atom. The summed E-state index contributed by atoms with van der Waals surface area (Å²) in [6.45, 7) is 4.21. The lowest BCUT2D eigenvalue weighted by molar-refractivity contribution is 0.102. The lowest BCUT2D eigenvalue weighted by Gasteiger charge is -2.13. The predicted molar refractivity (Wildman–Crippen MR) is 79.3 cm³/mol. The number of anilines is 1. The molecule has 4 heteroatoms. The lowest BCUT2D eigenvalue weighted by atomic mass is 10.0. The molecule has 1 N–H and O–H groups in total. The van der Waals surface area contributed by atoms with Gasteiger partial charge >= 0.3 is 0 Å². The summed E-state index contributed by atoms with van der Waals surface area (Å²) < 4.78 is 5.28. The van der Waals surface area contributed by atoms with Gasteiger partial charge in [0.2, 0.25) is 0 Å². The van der Waals surface area contributed by atoms with E-state index < -0.39 is 0 Å². The van der Waals surface area contributed by atoms with E-state index in [1.54, 1.807) is 31.5 Å². The van der Waals surface area contributed by atoms with Crippen molar-refractivity contribution in [1.29, 1.82) is 0 Å². The van der Waals surface area contributed by atoms with Crippen molar-refractivity contribution in [2.75, 3.05) is 12.4 Å². The summed E-state index contributed by atoms with van der Waals surface area (Å²) in [4.78, 5) is 16.2. The number of aromatic nitrogens is 1. The Morgan fingerprint density at radius 2 is 2.05 bits per heavy atom. The van der Waals surface area contributed by atoms with Gasteiger partial charge in [-0.3, -0.25) is 9.78 Å². The van der Waals surface area contributed by atoms with Crippen LogP contribution in [0.3, 0.4) is 0 Å². The molecule has 0 aliphatic carbocycles. The number of hydrogen-bond acceptors (Lipinski definition) is 3. The molecule has 104 valence electrons. The standard InChI is InChI=1S/C16H18N2O2/c1-11(2)12-7-8-15(20-3)14(10-12)18-16(19)13-6-4-5-9-17-13/h4-11H,1-3H3,(H,18,19). The molecule has 0 spiro atoms. The van der Waals surface area contributed by atoms with Crippen molar-refractivity contribution < 1.29 is 9.53 Å². The van der Waals surface area contributed by atoms with E-state index in [4.69, 9.17) is 4.74 Å². The van der Waals surface area contributed by atoms with Crippen LogP contribution in [0.4, 0.5) is 5.69 Å². The van der Waals surface area contributed by atoms with Crippen LogP contribution in [0.5, 0.6) is 5.75 Å². The van der Waals surface area contributed by atoms with Gasteiger partial charge in [0.05, 0.1) is 12.8 Å². The Morgan fingerprint density at radius 3 is 2.65 bits per heavy atom. The van der Waals surface area contributed by atoms with Gasteiger partial charge in [-0.05, 0) is 35.7 Å². The maximum absolute atomic E-state index is 12.1. The van der Waals surface area contributed by atoms with Crippen LogP contribution >= 0.6 is 0 Å². The fourth-order valence-electron chi connectivity index (χ4n) is 1.87. The minimum Gasteiger partial charge on any atom is -0.495 e. The number of rotatable bonds is 4. The molecule has 0 radical (unpaired) electrons. The second-order valence-electron chi connectivity index (χ2n) is 4.78. The number of carbonyl (C=O) groups excluding carboxylic acids is 1. The number of nitrogens with one attached hydrogen (secondary N) is 1. The molecule has 0 saturated heterocycles. The summed E-state index contributed by atoms with van der Waals surface area (Å²) in [7, 11) is 1.58. The minimum atomic E-state index is -0.246. The van der Waals surface area contributed by atoms with E-state index in [0.717, 1.165) is 5.56 Å². The maximum atomic E-state index is 12.1. The topological polar surface area (TPSA) is 51.2 Å². The van der Waals surface area contributed by atoms with E-state index in [-0.39, 0.29) is 5.91 Å². The average Bonchev–Trinajstić information content (AvgIpc) is 2.48. The zero-order valence-corrected chi connectivity index (χ0v) is 11.9. The molecule has 4 nitrogen and oxygen atoms in total. The van der Waals surface area contributed by atoms with Crippen LogP contribution in [0.25, 0.3) is 0 Å². The number of hydrogen-bond donors (Lipinski definition) is 1. The number of nitrogens with zero attached hydrogens (tertiary/aromatic N) is 1. The fourth-order valence-corrected chi connectivity index (χ4v) is 1.87. The molecule has 1 heterocycles. The van der Waals surface area contributed by atoms with Gasteiger partial charge < -0.3 is 10.1 Å². The SMILES string of the molecule is COc1ccc(C(C)C)cc1NC(=O)c1ccccn1. The van der Waals surface area contributed by atoms with Gasteiger partial charge in [0.1, 0.15) is 11.4 Å². The lowest BCUT2D eigenvalue weighted by Crippen LogP contribution is -2.14. The summed E-state index contributed by atoms with van der Waals surface area (Å²) in [6.07, 6.45) is 1.59. The number of ether oxygens (including phenoxy) is 1. The average molecular weight is 270 g/mol. The Hall–Kier alpha value is -2.36. The molecule has 0 aliphatic rings. The highest BCUT2D eigenvalue weighted by Gasteiger charge is 2.12. The predicted octanol–water partition coefficient (Wildman–Crippen LogP) is 3.47. The van der Waals surface area contributed by atoms with E-state index in [1.807, 2.05) is 18.2 Å². The van der Waals surface area contributed by atoms with Gasteiger partial charge in [-0.25, -0.2) is 0 Å². The first kappa shape index (κ1) is 14.1. The van der Waals surface area contributed by atoms with Crippen molar-refractivity contribution in [1.82, 2.24) is 4.98 Å². The van der Waals surface area contributed by atoms with Crippen LogP contribution in [-0.2, 0) is 0 Å². The Balaban J connectivity index is 2.28. The van der Waals surface area contributed by atoms with E-state index in [0.29, 0.717) is 23.0 Å². The highest BCUT2D eigenvalue weighted by Crippen LogP contribution is 2.28. The third-order valence-electron chi connectivity index (χ3n) is 3.04. The van der Waals surface area contributed by atoms with Crippen LogP contribution in [0.1, 0.15) is 35.8 Å². The molecule has 2 rings (SSSR count). The molecule has 20 heavy (non-hydrogen) atoms. The first-order chi connectivity index (χ1) is 9.61. The first-order valence-electron chi connectivity index (χ1n) is 6.52. The van der Waals surface area contributed by atoms with Crippen molar-refractivity contribution in [3.63, 3.8) is 0 Å². The molecule has 1 aromatic carbocycles. The van der Waals surface area contributed by atoms with E-state index in [1.165, 1.54) is 0 Å². The van der Waals surface area contributed by atoms with Crippen LogP contribution in [0.2, 0.25) is 0 Å². The number of benzene rings is 1. The molecule has 2 aromatic rings. The monoisotopic (exact) mass is 270 g/mol. The Labute approximate surface area is 118 Å². The smallest absolute Gasteiger partial charge is 0.274 e. The van der Waals surface area contributed by atoms with Gasteiger partial charge in [0.25, 0.3) is 5.91 Å². The van der Waals surface area contributed by atoms with Crippen molar-refractivity contribution >= 4 is 11.6 Å². The van der Waals surface area contributed by atoms with Crippen LogP contribution in [0, 0.1) is 0 Å². The zero-order chi connectivity index (χ0) is 14.5. The third-order valence-corrected chi connectivity index (χ3v) is 3.04. The van der Waals surface area contributed by atoms with E-state index in [2.05, 4.69) is 24.1 Å². The molecular weight excluding hydrogens is 252 g/mol. The van der Waals surface area contributed by atoms with E-state index in [9.17, 15) is 4.79 Å². The molecule has 0 atom stereocenters. The van der Waals surface area contributed by atoms with Crippen molar-refractivity contribution in [2.45, 2.75) is 19.8 Å². The summed E-state index contributed by atoms with van der Waals surface area (Å²) >= 11 is 0. The number of amides is 1. The summed E-state index contributed by atoms with van der Waals surface area (Å²) in [6, 6.07) is 11.0. The van der Waals surface area contributed by atoms with Crippen molar-refractivity contribution in [2.24, 2.45) is 0 Å². The highest BCUT2D eigenvalue weighted by atomic mass is 16.5. The number of carbonyl (C=O) groups is 1.